The van der Waals surface area contributed by atoms with Gasteiger partial charge in [-0.15, -0.1) is 10.2 Å². The number of hydrogen-bond acceptors (Lipinski definition) is 5. The van der Waals surface area contributed by atoms with Crippen LogP contribution in [0.15, 0.2) is 18.2 Å². The number of halogens is 5. The van der Waals surface area contributed by atoms with Crippen molar-refractivity contribution < 1.29 is 46.0 Å². The molecule has 16 heteroatoms. The van der Waals surface area contributed by atoms with Crippen molar-refractivity contribution in [2.45, 2.75) is 38.1 Å². The molecule has 0 spiro atoms. The van der Waals surface area contributed by atoms with Crippen LogP contribution in [0.1, 0.15) is 23.6 Å². The number of phosphoric acid groups is 1. The molecule has 0 aliphatic carbocycles. The van der Waals surface area contributed by atoms with E-state index >= 15 is 0 Å². The number of nitrogens with two attached hydrogens (primary N) is 1. The van der Waals surface area contributed by atoms with Crippen molar-refractivity contribution in [3.05, 3.63) is 47.0 Å². The molecule has 0 radical (unpaired) electrons. The molecule has 0 unspecified atom stereocenters. The highest BCUT2D eigenvalue weighted by atomic mass is 31.2. The van der Waals surface area contributed by atoms with Crippen LogP contribution in [0.25, 0.3) is 0 Å². The number of fused-ring (bicyclic) bond motifs is 1. The zero-order chi connectivity index (χ0) is 24.3. The van der Waals surface area contributed by atoms with Crippen molar-refractivity contribution in [1.82, 2.24) is 19.7 Å². The average Bonchev–Trinajstić information content (AvgIpc) is 3.07. The third-order valence-corrected chi connectivity index (χ3v) is 4.28. The van der Waals surface area contributed by atoms with Gasteiger partial charge in [-0.1, -0.05) is 6.07 Å². The topological polar surface area (TPSA) is 155 Å². The van der Waals surface area contributed by atoms with Gasteiger partial charge < -0.3 is 29.9 Å². The first-order valence-electron chi connectivity index (χ1n) is 8.90. The first-order valence-corrected chi connectivity index (χ1v) is 10.5. The molecule has 178 valence electrons. The number of carbonyl (C=O) groups is 1. The lowest BCUT2D eigenvalue weighted by Crippen LogP contribution is -2.42. The second-order valence-corrected chi connectivity index (χ2v) is 7.86. The van der Waals surface area contributed by atoms with Gasteiger partial charge >= 0.3 is 14.0 Å². The summed E-state index contributed by atoms with van der Waals surface area (Å²) >= 11 is 0. The van der Waals surface area contributed by atoms with E-state index in [1.807, 2.05) is 0 Å². The summed E-state index contributed by atoms with van der Waals surface area (Å²) in [6, 6.07) is 2.73. The monoisotopic (exact) mass is 487 g/mol. The summed E-state index contributed by atoms with van der Waals surface area (Å²) in [5.41, 5.74) is 6.36. The number of alkyl halides is 3. The zero-order valence-electron chi connectivity index (χ0n) is 16.2. The molecule has 10 nitrogen and oxygen atoms in total. The van der Waals surface area contributed by atoms with Crippen LogP contribution in [0, 0.1) is 11.6 Å². The van der Waals surface area contributed by atoms with Gasteiger partial charge in [0.05, 0.1) is 6.54 Å². The van der Waals surface area contributed by atoms with E-state index in [-0.39, 0.29) is 44.2 Å². The number of benzene rings is 1. The molecular formula is C16H19F5N5O5P. The van der Waals surface area contributed by atoms with Gasteiger partial charge in [-0.25, -0.2) is 13.3 Å². The Hall–Kier alpha value is -2.45. The summed E-state index contributed by atoms with van der Waals surface area (Å²) in [5, 5.41) is 6.67. The molecule has 32 heavy (non-hydrogen) atoms. The SMILES string of the molecule is N[C@@H](CC(=O)N1CCn2c(nnc2C(F)(F)F)C1)Cc1ccc(F)c(F)c1.O=P(O)(O)O. The van der Waals surface area contributed by atoms with E-state index in [1.54, 1.807) is 0 Å². The maximum absolute atomic E-state index is 13.2. The van der Waals surface area contributed by atoms with Crippen LogP contribution in [0.3, 0.4) is 0 Å². The highest BCUT2D eigenvalue weighted by Crippen LogP contribution is 2.29. The highest BCUT2D eigenvalue weighted by molar-refractivity contribution is 7.45. The molecule has 1 atom stereocenters. The molecule has 1 aromatic heterocycles. The Morgan fingerprint density at radius 1 is 1.16 bits per heavy atom. The van der Waals surface area contributed by atoms with E-state index in [1.165, 1.54) is 11.0 Å². The van der Waals surface area contributed by atoms with Crippen molar-refractivity contribution in [3.63, 3.8) is 0 Å². The molecule has 0 fully saturated rings. The van der Waals surface area contributed by atoms with Gasteiger partial charge in [-0.3, -0.25) is 4.79 Å². The van der Waals surface area contributed by atoms with Crippen LogP contribution in [-0.2, 0) is 35.0 Å². The van der Waals surface area contributed by atoms with E-state index in [2.05, 4.69) is 10.2 Å². The van der Waals surface area contributed by atoms with E-state index in [0.717, 1.165) is 16.7 Å². The van der Waals surface area contributed by atoms with Gasteiger partial charge in [0, 0.05) is 25.6 Å². The summed E-state index contributed by atoms with van der Waals surface area (Å²) < 4.78 is 74.5. The number of amides is 1. The molecule has 1 aliphatic rings. The molecule has 5 N–H and O–H groups in total. The average molecular weight is 487 g/mol. The van der Waals surface area contributed by atoms with Gasteiger partial charge in [-0.05, 0) is 24.1 Å². The summed E-state index contributed by atoms with van der Waals surface area (Å²) in [6.07, 6.45) is -4.53. The molecule has 1 aromatic carbocycles. The minimum absolute atomic E-state index is 0.0519. The smallest absolute Gasteiger partial charge is 0.333 e. The third kappa shape index (κ3) is 7.60. The zero-order valence-corrected chi connectivity index (χ0v) is 17.1. The van der Waals surface area contributed by atoms with Gasteiger partial charge in [0.15, 0.2) is 17.5 Å². The normalized spacial score (nSPS) is 15.0. The molecule has 2 heterocycles. The van der Waals surface area contributed by atoms with E-state index in [4.69, 9.17) is 25.0 Å². The van der Waals surface area contributed by atoms with E-state index in [9.17, 15) is 26.7 Å². The second kappa shape index (κ2) is 10.0. The number of hydrogen-bond donors (Lipinski definition) is 4. The summed E-state index contributed by atoms with van der Waals surface area (Å²) in [4.78, 5) is 35.3. The third-order valence-electron chi connectivity index (χ3n) is 4.28. The number of carbonyl (C=O) groups excluding carboxylic acids is 1. The maximum atomic E-state index is 13.2. The maximum Gasteiger partial charge on any atom is 0.466 e. The van der Waals surface area contributed by atoms with Gasteiger partial charge in [-0.2, -0.15) is 13.2 Å². The lowest BCUT2D eigenvalue weighted by Gasteiger charge is -2.29. The minimum atomic E-state index is -4.64. The first-order chi connectivity index (χ1) is 14.6. The Morgan fingerprint density at radius 3 is 2.34 bits per heavy atom. The van der Waals surface area contributed by atoms with Crippen molar-refractivity contribution in [2.24, 2.45) is 5.73 Å². The molecule has 3 rings (SSSR count). The van der Waals surface area contributed by atoms with Gasteiger partial charge in [0.1, 0.15) is 0 Å². The predicted molar refractivity (Wildman–Crippen MR) is 97.4 cm³/mol. The standard InChI is InChI=1S/C16H16F5N5O.H3O4P/c17-11-2-1-9(6-12(11)18)5-10(22)7-14(27)25-3-4-26-13(8-25)23-24-15(26)16(19,20)21;1-5(2,3)4/h1-2,6,10H,3-5,7-8,22H2;(H3,1,2,3,4)/t10-;/m1./s1. The first kappa shape index (κ1) is 25.8. The molecular weight excluding hydrogens is 468 g/mol. The van der Waals surface area contributed by atoms with Crippen LogP contribution >= 0.6 is 7.82 Å². The number of aromatic nitrogens is 3. The van der Waals surface area contributed by atoms with Crippen LogP contribution in [0.5, 0.6) is 0 Å². The van der Waals surface area contributed by atoms with E-state index in [0.29, 0.717) is 5.56 Å². The Bertz CT molecular complexity index is 1000. The fourth-order valence-electron chi connectivity index (χ4n) is 2.98. The molecule has 0 saturated heterocycles. The van der Waals surface area contributed by atoms with Crippen LogP contribution in [0.2, 0.25) is 0 Å². The summed E-state index contributed by atoms with van der Waals surface area (Å²) in [6.45, 7) is -0.0913. The number of rotatable bonds is 4. The Balaban J connectivity index is 0.000000654. The van der Waals surface area contributed by atoms with Crippen LogP contribution in [-0.4, -0.2) is 52.8 Å². The Morgan fingerprint density at radius 2 is 1.78 bits per heavy atom. The van der Waals surface area contributed by atoms with Crippen molar-refractivity contribution in [3.8, 4) is 0 Å². The summed E-state index contributed by atoms with van der Waals surface area (Å²) in [7, 11) is -4.64. The van der Waals surface area contributed by atoms with Crippen molar-refractivity contribution >= 4 is 13.7 Å². The molecule has 1 aliphatic heterocycles. The van der Waals surface area contributed by atoms with Gasteiger partial charge in [0.25, 0.3) is 0 Å². The predicted octanol–water partition coefficient (Wildman–Crippen LogP) is 0.949. The van der Waals surface area contributed by atoms with Crippen molar-refractivity contribution in [2.75, 3.05) is 6.54 Å². The molecule has 2 aromatic rings. The molecule has 0 saturated carbocycles. The van der Waals surface area contributed by atoms with E-state index < -0.39 is 37.5 Å². The van der Waals surface area contributed by atoms with Crippen molar-refractivity contribution in [1.29, 1.82) is 0 Å². The minimum Gasteiger partial charge on any atom is -0.333 e. The Kier molecular flexibility index (Phi) is 8.07. The molecule has 0 bridgehead atoms. The highest BCUT2D eigenvalue weighted by Gasteiger charge is 2.39. The fourth-order valence-corrected chi connectivity index (χ4v) is 2.98. The quantitative estimate of drug-likeness (QED) is 0.367. The lowest BCUT2D eigenvalue weighted by molar-refractivity contribution is -0.148. The Labute approximate surface area is 177 Å². The largest absolute Gasteiger partial charge is 0.466 e. The summed E-state index contributed by atoms with van der Waals surface area (Å²) in [5.74, 6) is -3.36. The lowest BCUT2D eigenvalue weighted by atomic mass is 10.0. The number of nitrogens with zero attached hydrogens (tertiary/aromatic N) is 4. The second-order valence-electron chi connectivity index (χ2n) is 6.83. The van der Waals surface area contributed by atoms with Crippen LogP contribution in [0.4, 0.5) is 22.0 Å². The fraction of sp³-hybridized carbons (Fsp3) is 0.438. The van der Waals surface area contributed by atoms with Crippen LogP contribution < -0.4 is 5.73 Å². The molecule has 1 amide bonds. The van der Waals surface area contributed by atoms with Gasteiger partial charge in [0.2, 0.25) is 11.7 Å².